The average molecular weight is 255 g/mol. The summed E-state index contributed by atoms with van der Waals surface area (Å²) in [6, 6.07) is 9.13. The van der Waals surface area contributed by atoms with E-state index in [0.717, 1.165) is 19.5 Å². The molecule has 2 nitrogen and oxygen atoms in total. The molecule has 1 aromatic carbocycles. The average Bonchev–Trinajstić information content (AvgIpc) is 2.30. The molecule has 17 heavy (non-hydrogen) atoms. The number of nitrogens with two attached hydrogens (primary N) is 1. The van der Waals surface area contributed by atoms with Gasteiger partial charge in [0.15, 0.2) is 0 Å². The zero-order valence-corrected chi connectivity index (χ0v) is 11.4. The number of nitrogens with zero attached hydrogens (tertiary/aromatic N) is 1. The zero-order valence-electron chi connectivity index (χ0n) is 10.6. The van der Waals surface area contributed by atoms with E-state index >= 15 is 0 Å². The maximum Gasteiger partial charge on any atom is 0.0237 e. The van der Waals surface area contributed by atoms with Crippen LogP contribution >= 0.6 is 12.4 Å². The molecule has 0 unspecified atom stereocenters. The molecule has 1 fully saturated rings. The fourth-order valence-corrected chi connectivity index (χ4v) is 2.53. The minimum atomic E-state index is 0. The van der Waals surface area contributed by atoms with Gasteiger partial charge in [-0.1, -0.05) is 31.2 Å². The molecule has 0 bridgehead atoms. The molecule has 96 valence electrons. The molecule has 1 aliphatic rings. The number of hydrogen-bond donors (Lipinski definition) is 1. The molecule has 2 rings (SSSR count). The highest BCUT2D eigenvalue weighted by Gasteiger charge is 2.17. The second-order valence-corrected chi connectivity index (χ2v) is 4.76. The van der Waals surface area contributed by atoms with Crippen molar-refractivity contribution in [1.82, 2.24) is 4.90 Å². The fourth-order valence-electron chi connectivity index (χ4n) is 2.53. The van der Waals surface area contributed by atoms with Crippen molar-refractivity contribution >= 4 is 12.4 Å². The van der Waals surface area contributed by atoms with Crippen molar-refractivity contribution < 1.29 is 0 Å². The van der Waals surface area contributed by atoms with Gasteiger partial charge in [0.1, 0.15) is 0 Å². The number of aryl methyl sites for hydroxylation is 1. The van der Waals surface area contributed by atoms with Crippen molar-refractivity contribution in [2.45, 2.75) is 38.8 Å². The summed E-state index contributed by atoms with van der Waals surface area (Å²) in [7, 11) is 0. The Morgan fingerprint density at radius 2 is 2.00 bits per heavy atom. The lowest BCUT2D eigenvalue weighted by Crippen LogP contribution is -2.42. The van der Waals surface area contributed by atoms with Gasteiger partial charge in [-0.3, -0.25) is 4.90 Å². The van der Waals surface area contributed by atoms with Crippen LogP contribution in [0.4, 0.5) is 0 Å². The van der Waals surface area contributed by atoms with Crippen LogP contribution in [0.3, 0.4) is 0 Å². The molecule has 0 aromatic heterocycles. The van der Waals surface area contributed by atoms with E-state index in [-0.39, 0.29) is 12.4 Å². The fraction of sp³-hybridized carbons (Fsp3) is 0.571. The molecule has 1 aromatic rings. The normalized spacial score (nSPS) is 20.9. The van der Waals surface area contributed by atoms with Crippen molar-refractivity contribution in [2.24, 2.45) is 5.73 Å². The molecule has 0 amide bonds. The summed E-state index contributed by atoms with van der Waals surface area (Å²) in [4.78, 5) is 2.49. The highest BCUT2D eigenvalue weighted by Crippen LogP contribution is 2.16. The Bertz CT molecular complexity index is 341. The SMILES string of the molecule is CCc1ccccc1CN1CCC[C@@H](N)C1.Cl. The molecule has 3 heteroatoms. The highest BCUT2D eigenvalue weighted by molar-refractivity contribution is 5.85. The Kier molecular flexibility index (Phi) is 5.96. The minimum Gasteiger partial charge on any atom is -0.327 e. The third-order valence-electron chi connectivity index (χ3n) is 3.44. The van der Waals surface area contributed by atoms with E-state index in [4.69, 9.17) is 5.73 Å². The predicted molar refractivity (Wildman–Crippen MR) is 75.6 cm³/mol. The van der Waals surface area contributed by atoms with Crippen LogP contribution in [0.2, 0.25) is 0 Å². The van der Waals surface area contributed by atoms with Crippen molar-refractivity contribution in [1.29, 1.82) is 0 Å². The maximum absolute atomic E-state index is 6.01. The van der Waals surface area contributed by atoms with Crippen LogP contribution in [0.1, 0.15) is 30.9 Å². The minimum absolute atomic E-state index is 0. The van der Waals surface area contributed by atoms with Gasteiger partial charge in [0.25, 0.3) is 0 Å². The Morgan fingerprint density at radius 3 is 2.65 bits per heavy atom. The lowest BCUT2D eigenvalue weighted by molar-refractivity contribution is 0.201. The van der Waals surface area contributed by atoms with Crippen molar-refractivity contribution in [3.05, 3.63) is 35.4 Å². The number of likely N-dealkylation sites (tertiary alicyclic amines) is 1. The molecule has 1 heterocycles. The number of hydrogen-bond acceptors (Lipinski definition) is 2. The summed E-state index contributed by atoms with van der Waals surface area (Å²) >= 11 is 0. The van der Waals surface area contributed by atoms with E-state index in [1.54, 1.807) is 0 Å². The Labute approximate surface area is 111 Å². The number of halogens is 1. The summed E-state index contributed by atoms with van der Waals surface area (Å²) in [6.07, 6.45) is 3.55. The van der Waals surface area contributed by atoms with E-state index in [9.17, 15) is 0 Å². The highest BCUT2D eigenvalue weighted by atomic mass is 35.5. The van der Waals surface area contributed by atoms with Gasteiger partial charge >= 0.3 is 0 Å². The summed E-state index contributed by atoms with van der Waals surface area (Å²) < 4.78 is 0. The van der Waals surface area contributed by atoms with Crippen LogP contribution in [0.5, 0.6) is 0 Å². The topological polar surface area (TPSA) is 29.3 Å². The molecule has 1 atom stereocenters. The van der Waals surface area contributed by atoms with Crippen LogP contribution in [-0.4, -0.2) is 24.0 Å². The van der Waals surface area contributed by atoms with E-state index in [2.05, 4.69) is 36.1 Å². The number of rotatable bonds is 3. The zero-order chi connectivity index (χ0) is 11.4. The Morgan fingerprint density at radius 1 is 1.29 bits per heavy atom. The molecular weight excluding hydrogens is 232 g/mol. The van der Waals surface area contributed by atoms with Gasteiger partial charge in [0.2, 0.25) is 0 Å². The van der Waals surface area contributed by atoms with Crippen LogP contribution in [-0.2, 0) is 13.0 Å². The first kappa shape index (κ1) is 14.5. The van der Waals surface area contributed by atoms with Crippen LogP contribution in [0.15, 0.2) is 24.3 Å². The van der Waals surface area contributed by atoms with Gasteiger partial charge in [-0.15, -0.1) is 12.4 Å². The molecule has 2 N–H and O–H groups in total. The molecule has 0 radical (unpaired) electrons. The molecular formula is C14H23ClN2. The lowest BCUT2D eigenvalue weighted by Gasteiger charge is -2.31. The summed E-state index contributed by atoms with van der Waals surface area (Å²) in [5.41, 5.74) is 8.95. The first-order chi connectivity index (χ1) is 7.79. The van der Waals surface area contributed by atoms with Crippen molar-refractivity contribution in [2.75, 3.05) is 13.1 Å². The predicted octanol–water partition coefficient (Wildman–Crippen LogP) is 2.59. The van der Waals surface area contributed by atoms with Gasteiger partial charge in [-0.05, 0) is 36.9 Å². The lowest BCUT2D eigenvalue weighted by atomic mass is 10.0. The molecule has 1 aliphatic heterocycles. The standard InChI is InChI=1S/C14H22N2.ClH/c1-2-12-6-3-4-7-13(12)10-16-9-5-8-14(15)11-16;/h3-4,6-7,14H,2,5,8-11,15H2,1H3;1H/t14-;/m1./s1. The largest absolute Gasteiger partial charge is 0.327 e. The number of piperidine rings is 1. The Balaban J connectivity index is 0.00000144. The second kappa shape index (κ2) is 7.00. The van der Waals surface area contributed by atoms with E-state index in [0.29, 0.717) is 6.04 Å². The van der Waals surface area contributed by atoms with Crippen molar-refractivity contribution in [3.8, 4) is 0 Å². The smallest absolute Gasteiger partial charge is 0.0237 e. The first-order valence-electron chi connectivity index (χ1n) is 6.34. The van der Waals surface area contributed by atoms with Gasteiger partial charge in [0.05, 0.1) is 0 Å². The molecule has 1 saturated heterocycles. The first-order valence-corrected chi connectivity index (χ1v) is 6.34. The second-order valence-electron chi connectivity index (χ2n) is 4.76. The molecule has 0 aliphatic carbocycles. The summed E-state index contributed by atoms with van der Waals surface area (Å²) in [5, 5.41) is 0. The van der Waals surface area contributed by atoms with Crippen LogP contribution in [0.25, 0.3) is 0 Å². The van der Waals surface area contributed by atoms with E-state index < -0.39 is 0 Å². The quantitative estimate of drug-likeness (QED) is 0.899. The van der Waals surface area contributed by atoms with Gasteiger partial charge in [0, 0.05) is 19.1 Å². The maximum atomic E-state index is 6.01. The van der Waals surface area contributed by atoms with E-state index in [1.165, 1.54) is 30.5 Å². The Hall–Kier alpha value is -0.570. The molecule has 0 saturated carbocycles. The molecule has 0 spiro atoms. The van der Waals surface area contributed by atoms with Gasteiger partial charge in [-0.2, -0.15) is 0 Å². The van der Waals surface area contributed by atoms with Gasteiger partial charge in [-0.25, -0.2) is 0 Å². The third-order valence-corrected chi connectivity index (χ3v) is 3.44. The third kappa shape index (κ3) is 3.98. The van der Waals surface area contributed by atoms with Crippen LogP contribution in [0, 0.1) is 0 Å². The summed E-state index contributed by atoms with van der Waals surface area (Å²) in [5.74, 6) is 0. The monoisotopic (exact) mass is 254 g/mol. The van der Waals surface area contributed by atoms with Gasteiger partial charge < -0.3 is 5.73 Å². The van der Waals surface area contributed by atoms with E-state index in [1.807, 2.05) is 0 Å². The number of benzene rings is 1. The van der Waals surface area contributed by atoms with Crippen molar-refractivity contribution in [3.63, 3.8) is 0 Å². The summed E-state index contributed by atoms with van der Waals surface area (Å²) in [6.45, 7) is 5.54. The van der Waals surface area contributed by atoms with Crippen LogP contribution < -0.4 is 5.73 Å².